The van der Waals surface area contributed by atoms with Gasteiger partial charge < -0.3 is 4.74 Å². The molecule has 1 atom stereocenters. The van der Waals surface area contributed by atoms with Gasteiger partial charge in [-0.3, -0.25) is 0 Å². The molecular weight excluding hydrogens is 284 g/mol. The molecule has 0 amide bonds. The minimum absolute atomic E-state index is 0.0808. The van der Waals surface area contributed by atoms with Crippen LogP contribution in [-0.4, -0.2) is 11.5 Å². The zero-order valence-electron chi connectivity index (χ0n) is 11.5. The minimum Gasteiger partial charge on any atom is -0.486 e. The van der Waals surface area contributed by atoms with E-state index in [9.17, 15) is 0 Å². The molecule has 2 aromatic rings. The van der Waals surface area contributed by atoms with Crippen molar-refractivity contribution in [3.63, 3.8) is 0 Å². The van der Waals surface area contributed by atoms with E-state index in [0.717, 1.165) is 5.75 Å². The van der Waals surface area contributed by atoms with Crippen LogP contribution in [0.2, 0.25) is 0 Å². The topological polar surface area (TPSA) is 9.23 Å². The molecule has 0 spiro atoms. The van der Waals surface area contributed by atoms with Gasteiger partial charge in [0.25, 0.3) is 0 Å². The molecule has 104 valence electrons. The first-order valence-electron chi connectivity index (χ1n) is 6.88. The average Bonchev–Trinajstić information content (AvgIpc) is 3.03. The molecule has 0 N–H and O–H groups in total. The molecule has 1 nitrogen and oxygen atoms in total. The third-order valence-electron chi connectivity index (χ3n) is 3.36. The summed E-state index contributed by atoms with van der Waals surface area (Å²) in [6.07, 6.45) is 0.0808. The molecule has 3 rings (SSSR count). The SMILES string of the molecule is CC(Oc1ccc(C2SCCS2)cc1)c1ccccc1. The van der Waals surface area contributed by atoms with E-state index in [4.69, 9.17) is 4.74 Å². The van der Waals surface area contributed by atoms with Crippen LogP contribution >= 0.6 is 23.5 Å². The second-order valence-electron chi connectivity index (χ2n) is 4.81. The van der Waals surface area contributed by atoms with E-state index >= 15 is 0 Å². The molecule has 1 fully saturated rings. The predicted octanol–water partition coefficient (Wildman–Crippen LogP) is 5.31. The Morgan fingerprint density at radius 3 is 2.25 bits per heavy atom. The van der Waals surface area contributed by atoms with Crippen LogP contribution in [0.1, 0.15) is 28.7 Å². The van der Waals surface area contributed by atoms with Gasteiger partial charge in [-0.2, -0.15) is 0 Å². The maximum atomic E-state index is 6.00. The molecule has 0 aliphatic carbocycles. The van der Waals surface area contributed by atoms with E-state index < -0.39 is 0 Å². The Morgan fingerprint density at radius 2 is 1.60 bits per heavy atom. The summed E-state index contributed by atoms with van der Waals surface area (Å²) in [6, 6.07) is 18.9. The smallest absolute Gasteiger partial charge is 0.121 e. The number of ether oxygens (including phenoxy) is 1. The monoisotopic (exact) mass is 302 g/mol. The van der Waals surface area contributed by atoms with Gasteiger partial charge in [0.2, 0.25) is 0 Å². The summed E-state index contributed by atoms with van der Waals surface area (Å²) in [6.45, 7) is 2.09. The third-order valence-corrected chi connectivity index (χ3v) is 6.46. The van der Waals surface area contributed by atoms with Crippen LogP contribution in [-0.2, 0) is 0 Å². The summed E-state index contributed by atoms with van der Waals surface area (Å²) in [5, 5.41) is 0. The van der Waals surface area contributed by atoms with Crippen molar-refractivity contribution in [2.75, 3.05) is 11.5 Å². The van der Waals surface area contributed by atoms with E-state index in [1.165, 1.54) is 22.6 Å². The van der Waals surface area contributed by atoms with Crippen molar-refractivity contribution in [2.24, 2.45) is 0 Å². The highest BCUT2D eigenvalue weighted by atomic mass is 32.2. The van der Waals surface area contributed by atoms with E-state index in [1.807, 2.05) is 41.7 Å². The molecule has 0 aromatic heterocycles. The molecule has 1 unspecified atom stereocenters. The molecule has 0 radical (unpaired) electrons. The van der Waals surface area contributed by atoms with Gasteiger partial charge >= 0.3 is 0 Å². The summed E-state index contributed by atoms with van der Waals surface area (Å²) in [7, 11) is 0. The molecule has 1 aliphatic rings. The lowest BCUT2D eigenvalue weighted by atomic mass is 10.1. The van der Waals surface area contributed by atoms with Crippen LogP contribution in [0.25, 0.3) is 0 Å². The summed E-state index contributed by atoms with van der Waals surface area (Å²) < 4.78 is 6.61. The van der Waals surface area contributed by atoms with Gasteiger partial charge in [0.15, 0.2) is 0 Å². The highest BCUT2D eigenvalue weighted by Gasteiger charge is 2.18. The number of hydrogen-bond acceptors (Lipinski definition) is 3. The van der Waals surface area contributed by atoms with Crippen molar-refractivity contribution >= 4 is 23.5 Å². The van der Waals surface area contributed by atoms with Gasteiger partial charge in [0.05, 0.1) is 4.58 Å². The van der Waals surface area contributed by atoms with Crippen LogP contribution in [0.4, 0.5) is 0 Å². The number of rotatable bonds is 4. The van der Waals surface area contributed by atoms with Crippen LogP contribution in [0.5, 0.6) is 5.75 Å². The zero-order valence-corrected chi connectivity index (χ0v) is 13.1. The Kier molecular flexibility index (Phi) is 4.58. The van der Waals surface area contributed by atoms with Crippen molar-refractivity contribution in [2.45, 2.75) is 17.6 Å². The zero-order chi connectivity index (χ0) is 13.8. The second-order valence-corrected chi connectivity index (χ2v) is 7.54. The van der Waals surface area contributed by atoms with E-state index in [-0.39, 0.29) is 6.10 Å². The molecule has 1 saturated heterocycles. The molecule has 2 aromatic carbocycles. The standard InChI is InChI=1S/C17H18OS2/c1-13(14-5-3-2-4-6-14)18-16-9-7-15(8-10-16)17-19-11-12-20-17/h2-10,13,17H,11-12H2,1H3. The largest absolute Gasteiger partial charge is 0.486 e. The highest BCUT2D eigenvalue weighted by molar-refractivity contribution is 8.19. The minimum atomic E-state index is 0.0808. The van der Waals surface area contributed by atoms with Gasteiger partial charge in [0, 0.05) is 11.5 Å². The molecule has 0 saturated carbocycles. The molecular formula is C17H18OS2. The summed E-state index contributed by atoms with van der Waals surface area (Å²) in [5.74, 6) is 3.47. The van der Waals surface area contributed by atoms with Gasteiger partial charge in [-0.1, -0.05) is 42.5 Å². The van der Waals surface area contributed by atoms with E-state index in [0.29, 0.717) is 4.58 Å². The van der Waals surface area contributed by atoms with Crippen LogP contribution in [0.15, 0.2) is 54.6 Å². The molecule has 1 heterocycles. The Labute approximate surface area is 129 Å². The van der Waals surface area contributed by atoms with Crippen molar-refractivity contribution in [3.8, 4) is 5.75 Å². The van der Waals surface area contributed by atoms with Crippen molar-refractivity contribution in [3.05, 3.63) is 65.7 Å². The molecule has 0 bridgehead atoms. The summed E-state index contributed by atoms with van der Waals surface area (Å²) in [4.78, 5) is 0. The van der Waals surface area contributed by atoms with Crippen LogP contribution in [0.3, 0.4) is 0 Å². The maximum absolute atomic E-state index is 6.00. The lowest BCUT2D eigenvalue weighted by Gasteiger charge is -2.16. The lowest BCUT2D eigenvalue weighted by molar-refractivity contribution is 0.227. The first-order valence-corrected chi connectivity index (χ1v) is 8.97. The number of thioether (sulfide) groups is 2. The summed E-state index contributed by atoms with van der Waals surface area (Å²) >= 11 is 4.07. The van der Waals surface area contributed by atoms with Crippen molar-refractivity contribution in [1.82, 2.24) is 0 Å². The molecule has 20 heavy (non-hydrogen) atoms. The average molecular weight is 302 g/mol. The first kappa shape index (κ1) is 13.9. The Balaban J connectivity index is 1.66. The predicted molar refractivity (Wildman–Crippen MR) is 89.6 cm³/mol. The Hall–Kier alpha value is -1.06. The normalized spacial score (nSPS) is 17.1. The van der Waals surface area contributed by atoms with Crippen LogP contribution < -0.4 is 4.74 Å². The maximum Gasteiger partial charge on any atom is 0.121 e. The fourth-order valence-corrected chi connectivity index (χ4v) is 5.11. The van der Waals surface area contributed by atoms with Crippen molar-refractivity contribution in [1.29, 1.82) is 0 Å². The molecule has 1 aliphatic heterocycles. The Morgan fingerprint density at radius 1 is 0.950 bits per heavy atom. The van der Waals surface area contributed by atoms with Gasteiger partial charge in [0.1, 0.15) is 11.9 Å². The quantitative estimate of drug-likeness (QED) is 0.758. The fourth-order valence-electron chi connectivity index (χ4n) is 2.25. The molecule has 3 heteroatoms. The number of hydrogen-bond donors (Lipinski definition) is 0. The van der Waals surface area contributed by atoms with Gasteiger partial charge in [-0.05, 0) is 30.2 Å². The van der Waals surface area contributed by atoms with Crippen molar-refractivity contribution < 1.29 is 4.74 Å². The van der Waals surface area contributed by atoms with Gasteiger partial charge in [-0.15, -0.1) is 23.5 Å². The van der Waals surface area contributed by atoms with E-state index in [1.54, 1.807) is 0 Å². The fraction of sp³-hybridized carbons (Fsp3) is 0.294. The first-order chi connectivity index (χ1) is 9.83. The van der Waals surface area contributed by atoms with Gasteiger partial charge in [-0.25, -0.2) is 0 Å². The van der Waals surface area contributed by atoms with Crippen LogP contribution in [0, 0.1) is 0 Å². The second kappa shape index (κ2) is 6.59. The Bertz CT molecular complexity index is 533. The number of benzene rings is 2. The summed E-state index contributed by atoms with van der Waals surface area (Å²) in [5.41, 5.74) is 2.61. The van der Waals surface area contributed by atoms with E-state index in [2.05, 4.69) is 43.3 Å². The lowest BCUT2D eigenvalue weighted by Crippen LogP contribution is -2.02. The third kappa shape index (κ3) is 3.33. The highest BCUT2D eigenvalue weighted by Crippen LogP contribution is 2.45.